The van der Waals surface area contributed by atoms with Crippen molar-refractivity contribution < 1.29 is 5.21 Å². The molecule has 0 aliphatic carbocycles. The molecular formula is C15H18N4O2. The summed E-state index contributed by atoms with van der Waals surface area (Å²) in [5.74, 6) is -0.341. The van der Waals surface area contributed by atoms with E-state index in [1.54, 1.807) is 23.9 Å². The van der Waals surface area contributed by atoms with E-state index in [-0.39, 0.29) is 16.8 Å². The molecule has 0 radical (unpaired) electrons. The lowest BCUT2D eigenvalue weighted by Gasteiger charge is -2.23. The Bertz CT molecular complexity index is 715. The summed E-state index contributed by atoms with van der Waals surface area (Å²) >= 11 is 0. The maximum atomic E-state index is 12.1. The van der Waals surface area contributed by atoms with E-state index in [2.05, 4.69) is 9.97 Å². The van der Waals surface area contributed by atoms with Crippen molar-refractivity contribution in [3.05, 3.63) is 52.2 Å². The van der Waals surface area contributed by atoms with Crippen LogP contribution in [-0.2, 0) is 5.41 Å². The zero-order valence-corrected chi connectivity index (χ0v) is 12.2. The molecule has 0 atom stereocenters. The minimum Gasteiger partial charge on any atom is -0.324 e. The minimum atomic E-state index is -0.413. The number of H-pyrrole nitrogens is 1. The van der Waals surface area contributed by atoms with Crippen LogP contribution in [0.25, 0.3) is 11.1 Å². The SMILES string of the molecule is CC(C)(C)c1[nH]c(=O)c(C(=N)NO)cc1-c1ccncc1. The molecule has 0 unspecified atom stereocenters. The maximum Gasteiger partial charge on any atom is 0.259 e. The van der Waals surface area contributed by atoms with Gasteiger partial charge >= 0.3 is 0 Å². The standard InChI is InChI=1S/C15H18N4O2/c1-15(2,3)12-10(9-4-6-17-7-5-9)8-11(13(16)19-21)14(20)18-12/h4-8,21H,1-3H3,(H2,16,19)(H,18,20). The van der Waals surface area contributed by atoms with Gasteiger partial charge in [0.15, 0.2) is 5.84 Å². The average molecular weight is 286 g/mol. The van der Waals surface area contributed by atoms with E-state index in [0.29, 0.717) is 0 Å². The van der Waals surface area contributed by atoms with Crippen molar-refractivity contribution in [1.82, 2.24) is 15.4 Å². The Hall–Kier alpha value is -2.47. The van der Waals surface area contributed by atoms with Gasteiger partial charge in [-0.1, -0.05) is 20.8 Å². The molecule has 0 fully saturated rings. The predicted octanol–water partition coefficient (Wildman–Crippen LogP) is 2.04. The number of amidine groups is 1. The zero-order chi connectivity index (χ0) is 15.6. The van der Waals surface area contributed by atoms with Gasteiger partial charge in [-0.05, 0) is 23.8 Å². The summed E-state index contributed by atoms with van der Waals surface area (Å²) in [4.78, 5) is 18.9. The number of rotatable bonds is 2. The molecule has 0 aliphatic heterocycles. The first-order chi connectivity index (χ1) is 9.84. The van der Waals surface area contributed by atoms with Crippen molar-refractivity contribution in [2.75, 3.05) is 0 Å². The summed E-state index contributed by atoms with van der Waals surface area (Å²) < 4.78 is 0. The van der Waals surface area contributed by atoms with E-state index >= 15 is 0 Å². The van der Waals surface area contributed by atoms with E-state index in [1.165, 1.54) is 0 Å². The number of pyridine rings is 2. The summed E-state index contributed by atoms with van der Waals surface area (Å²) in [5.41, 5.74) is 3.57. The van der Waals surface area contributed by atoms with Crippen LogP contribution in [-0.4, -0.2) is 21.0 Å². The Kier molecular flexibility index (Phi) is 3.90. The number of nitrogens with zero attached hydrogens (tertiary/aromatic N) is 1. The fourth-order valence-electron chi connectivity index (χ4n) is 2.13. The molecular weight excluding hydrogens is 268 g/mol. The Morgan fingerprint density at radius 2 is 1.95 bits per heavy atom. The summed E-state index contributed by atoms with van der Waals surface area (Å²) in [6.45, 7) is 5.99. The molecule has 2 aromatic rings. The summed E-state index contributed by atoms with van der Waals surface area (Å²) in [6, 6.07) is 5.28. The van der Waals surface area contributed by atoms with Gasteiger partial charge in [0.1, 0.15) is 0 Å². The topological polar surface area (TPSA) is 102 Å². The quantitative estimate of drug-likeness (QED) is 0.385. The predicted molar refractivity (Wildman–Crippen MR) is 80.7 cm³/mol. The van der Waals surface area contributed by atoms with E-state index in [9.17, 15) is 4.79 Å². The Morgan fingerprint density at radius 3 is 2.48 bits per heavy atom. The Labute approximate surface area is 122 Å². The summed E-state index contributed by atoms with van der Waals surface area (Å²) in [7, 11) is 0. The number of aromatic nitrogens is 2. The second-order valence-electron chi connectivity index (χ2n) is 5.77. The first kappa shape index (κ1) is 14.9. The molecule has 4 N–H and O–H groups in total. The number of hydroxylamine groups is 1. The van der Waals surface area contributed by atoms with Crippen molar-refractivity contribution in [3.8, 4) is 11.1 Å². The highest BCUT2D eigenvalue weighted by Gasteiger charge is 2.22. The number of nitrogens with one attached hydrogen (secondary N) is 3. The van der Waals surface area contributed by atoms with Gasteiger partial charge in [0.05, 0.1) is 5.56 Å². The summed E-state index contributed by atoms with van der Waals surface area (Å²) in [5, 5.41) is 16.5. The van der Waals surface area contributed by atoms with Crippen LogP contribution < -0.4 is 11.0 Å². The van der Waals surface area contributed by atoms with Gasteiger partial charge in [-0.15, -0.1) is 0 Å². The molecule has 110 valence electrons. The number of aromatic amines is 1. The van der Waals surface area contributed by atoms with Gasteiger partial charge in [-0.3, -0.25) is 25.9 Å². The van der Waals surface area contributed by atoms with Gasteiger partial charge in [-0.2, -0.15) is 0 Å². The van der Waals surface area contributed by atoms with Gasteiger partial charge < -0.3 is 4.98 Å². The molecule has 0 bridgehead atoms. The van der Waals surface area contributed by atoms with Crippen LogP contribution in [0.5, 0.6) is 0 Å². The van der Waals surface area contributed by atoms with Crippen LogP contribution in [0.15, 0.2) is 35.4 Å². The van der Waals surface area contributed by atoms with Crippen LogP contribution in [0.4, 0.5) is 0 Å². The molecule has 2 heterocycles. The molecule has 21 heavy (non-hydrogen) atoms. The molecule has 0 spiro atoms. The van der Waals surface area contributed by atoms with Crippen LogP contribution in [0, 0.1) is 5.41 Å². The van der Waals surface area contributed by atoms with Crippen molar-refractivity contribution in [1.29, 1.82) is 5.41 Å². The zero-order valence-electron chi connectivity index (χ0n) is 12.2. The van der Waals surface area contributed by atoms with Gasteiger partial charge in [0, 0.05) is 29.1 Å². The van der Waals surface area contributed by atoms with Crippen molar-refractivity contribution in [2.24, 2.45) is 0 Å². The van der Waals surface area contributed by atoms with Crippen LogP contribution >= 0.6 is 0 Å². The first-order valence-corrected chi connectivity index (χ1v) is 6.52. The average Bonchev–Trinajstić information content (AvgIpc) is 2.46. The van der Waals surface area contributed by atoms with Crippen LogP contribution in [0.3, 0.4) is 0 Å². The third-order valence-electron chi connectivity index (χ3n) is 3.16. The highest BCUT2D eigenvalue weighted by Crippen LogP contribution is 2.30. The molecule has 6 nitrogen and oxygen atoms in total. The lowest BCUT2D eigenvalue weighted by Crippen LogP contribution is -2.30. The molecule has 0 aliphatic rings. The van der Waals surface area contributed by atoms with Crippen molar-refractivity contribution in [3.63, 3.8) is 0 Å². The van der Waals surface area contributed by atoms with E-state index < -0.39 is 5.56 Å². The van der Waals surface area contributed by atoms with Gasteiger partial charge in [0.2, 0.25) is 0 Å². The van der Waals surface area contributed by atoms with Crippen LogP contribution in [0.1, 0.15) is 32.0 Å². The first-order valence-electron chi connectivity index (χ1n) is 6.52. The largest absolute Gasteiger partial charge is 0.324 e. The molecule has 2 aromatic heterocycles. The van der Waals surface area contributed by atoms with E-state index in [0.717, 1.165) is 16.8 Å². The van der Waals surface area contributed by atoms with Crippen LogP contribution in [0.2, 0.25) is 0 Å². The van der Waals surface area contributed by atoms with E-state index in [4.69, 9.17) is 10.6 Å². The fraction of sp³-hybridized carbons (Fsp3) is 0.267. The van der Waals surface area contributed by atoms with E-state index in [1.807, 2.05) is 32.9 Å². The van der Waals surface area contributed by atoms with Gasteiger partial charge in [0.25, 0.3) is 5.56 Å². The second-order valence-corrected chi connectivity index (χ2v) is 5.77. The highest BCUT2D eigenvalue weighted by molar-refractivity contribution is 5.96. The monoisotopic (exact) mass is 286 g/mol. The minimum absolute atomic E-state index is 0.0808. The van der Waals surface area contributed by atoms with Gasteiger partial charge in [-0.25, -0.2) is 0 Å². The molecule has 6 heteroatoms. The lowest BCUT2D eigenvalue weighted by atomic mass is 9.85. The Balaban J connectivity index is 2.76. The number of hydrogen-bond acceptors (Lipinski definition) is 4. The third-order valence-corrected chi connectivity index (χ3v) is 3.16. The smallest absolute Gasteiger partial charge is 0.259 e. The lowest BCUT2D eigenvalue weighted by molar-refractivity contribution is 0.234. The molecule has 0 aromatic carbocycles. The maximum absolute atomic E-state index is 12.1. The third kappa shape index (κ3) is 3.00. The fourth-order valence-corrected chi connectivity index (χ4v) is 2.13. The number of hydrogen-bond donors (Lipinski definition) is 4. The molecule has 0 saturated carbocycles. The Morgan fingerprint density at radius 1 is 1.33 bits per heavy atom. The second kappa shape index (κ2) is 5.49. The van der Waals surface area contributed by atoms with Crippen molar-refractivity contribution in [2.45, 2.75) is 26.2 Å². The summed E-state index contributed by atoms with van der Waals surface area (Å²) in [6.07, 6.45) is 3.34. The molecule has 0 amide bonds. The normalized spacial score (nSPS) is 11.2. The van der Waals surface area contributed by atoms with Crippen molar-refractivity contribution >= 4 is 5.84 Å². The molecule has 2 rings (SSSR count). The highest BCUT2D eigenvalue weighted by atomic mass is 16.5. The molecule has 0 saturated heterocycles.